The number of benzene rings is 1. The molecule has 2 saturated heterocycles. The summed E-state index contributed by atoms with van der Waals surface area (Å²) in [6.07, 6.45) is 8.27. The van der Waals surface area contributed by atoms with Crippen LogP contribution in [0.2, 0.25) is 0 Å². The largest absolute Gasteiger partial charge is 0.337 e. The van der Waals surface area contributed by atoms with Crippen LogP contribution < -0.4 is 5.32 Å². The number of rotatable bonds is 2. The van der Waals surface area contributed by atoms with E-state index < -0.39 is 0 Å². The highest BCUT2D eigenvalue weighted by Crippen LogP contribution is 2.41. The predicted octanol–water partition coefficient (Wildman–Crippen LogP) is 3.17. The van der Waals surface area contributed by atoms with Gasteiger partial charge in [0, 0.05) is 44.3 Å². The summed E-state index contributed by atoms with van der Waals surface area (Å²) in [7, 11) is 0. The van der Waals surface area contributed by atoms with Gasteiger partial charge in [-0.05, 0) is 49.3 Å². The Morgan fingerprint density at radius 1 is 1.00 bits per heavy atom. The maximum Gasteiger partial charge on any atom is 0.321 e. The van der Waals surface area contributed by atoms with Crippen molar-refractivity contribution in [3.8, 4) is 0 Å². The minimum Gasteiger partial charge on any atom is -0.337 e. The number of anilines is 1. The SMILES string of the molecule is O=C(Nc1cccc(F)c1)N1CCC2(CC1)CCN(C(=O)c1cnccn1)CC2. The van der Waals surface area contributed by atoms with Crippen LogP contribution in [0.4, 0.5) is 14.9 Å². The second-order valence-electron chi connectivity index (χ2n) is 7.81. The molecule has 0 unspecified atom stereocenters. The van der Waals surface area contributed by atoms with Gasteiger partial charge in [-0.1, -0.05) is 6.07 Å². The number of amides is 3. The summed E-state index contributed by atoms with van der Waals surface area (Å²) in [6.45, 7) is 2.73. The Balaban J connectivity index is 1.28. The van der Waals surface area contributed by atoms with Crippen LogP contribution in [0.1, 0.15) is 36.2 Å². The average Bonchev–Trinajstić information content (AvgIpc) is 2.75. The van der Waals surface area contributed by atoms with Gasteiger partial charge in [-0.25, -0.2) is 14.2 Å². The molecule has 0 aliphatic carbocycles. The molecule has 1 aromatic carbocycles. The van der Waals surface area contributed by atoms with Gasteiger partial charge in [0.05, 0.1) is 6.20 Å². The fraction of sp³-hybridized carbons (Fsp3) is 0.429. The molecule has 7 nitrogen and oxygen atoms in total. The van der Waals surface area contributed by atoms with E-state index in [0.717, 1.165) is 25.7 Å². The quantitative estimate of drug-likeness (QED) is 0.844. The highest BCUT2D eigenvalue weighted by Gasteiger charge is 2.39. The van der Waals surface area contributed by atoms with Crippen LogP contribution in [0.25, 0.3) is 0 Å². The van der Waals surface area contributed by atoms with Gasteiger partial charge in [0.2, 0.25) is 0 Å². The summed E-state index contributed by atoms with van der Waals surface area (Å²) in [5.74, 6) is -0.442. The van der Waals surface area contributed by atoms with E-state index in [4.69, 9.17) is 0 Å². The normalized spacial score (nSPS) is 18.5. The number of hydrogen-bond acceptors (Lipinski definition) is 4. The number of aromatic nitrogens is 2. The summed E-state index contributed by atoms with van der Waals surface area (Å²) in [5.41, 5.74) is 1.02. The molecule has 0 atom stereocenters. The molecule has 1 N–H and O–H groups in total. The van der Waals surface area contributed by atoms with Crippen LogP contribution in [-0.2, 0) is 0 Å². The van der Waals surface area contributed by atoms with Crippen molar-refractivity contribution in [1.29, 1.82) is 0 Å². The summed E-state index contributed by atoms with van der Waals surface area (Å²) >= 11 is 0. The topological polar surface area (TPSA) is 78.4 Å². The molecule has 0 saturated carbocycles. The molecule has 4 rings (SSSR count). The van der Waals surface area contributed by atoms with Crippen LogP contribution in [0, 0.1) is 11.2 Å². The standard InChI is InChI=1S/C21H24FN5O2/c22-16-2-1-3-17(14-16)25-20(29)27-12-6-21(7-13-27)4-10-26(11-5-21)19(28)18-15-23-8-9-24-18/h1-3,8-9,14-15H,4-7,10-13H2,(H,25,29). The zero-order chi connectivity index (χ0) is 20.3. The van der Waals surface area contributed by atoms with Crippen LogP contribution in [0.3, 0.4) is 0 Å². The minimum absolute atomic E-state index is 0.0696. The van der Waals surface area contributed by atoms with Crippen LogP contribution >= 0.6 is 0 Å². The van der Waals surface area contributed by atoms with Crippen molar-refractivity contribution in [3.05, 3.63) is 54.4 Å². The van der Waals surface area contributed by atoms with E-state index in [9.17, 15) is 14.0 Å². The maximum absolute atomic E-state index is 13.3. The molecular weight excluding hydrogens is 373 g/mol. The smallest absolute Gasteiger partial charge is 0.321 e. The van der Waals surface area contributed by atoms with E-state index in [0.29, 0.717) is 37.6 Å². The van der Waals surface area contributed by atoms with E-state index in [1.807, 2.05) is 4.90 Å². The van der Waals surface area contributed by atoms with Crippen LogP contribution in [0.15, 0.2) is 42.9 Å². The van der Waals surface area contributed by atoms with Crippen molar-refractivity contribution >= 4 is 17.6 Å². The number of urea groups is 1. The molecule has 0 radical (unpaired) electrons. The molecule has 2 aromatic rings. The monoisotopic (exact) mass is 397 g/mol. The van der Waals surface area contributed by atoms with Gasteiger partial charge in [-0.2, -0.15) is 0 Å². The molecule has 8 heteroatoms. The highest BCUT2D eigenvalue weighted by molar-refractivity contribution is 5.92. The Hall–Kier alpha value is -3.03. The van der Waals surface area contributed by atoms with E-state index in [1.165, 1.54) is 24.5 Å². The Labute approximate surface area is 168 Å². The fourth-order valence-corrected chi connectivity index (χ4v) is 4.21. The second-order valence-corrected chi connectivity index (χ2v) is 7.81. The van der Waals surface area contributed by atoms with Crippen molar-refractivity contribution in [2.24, 2.45) is 5.41 Å². The van der Waals surface area contributed by atoms with Crippen molar-refractivity contribution in [2.75, 3.05) is 31.5 Å². The number of nitrogens with one attached hydrogen (secondary N) is 1. The lowest BCUT2D eigenvalue weighted by Crippen LogP contribution is -2.50. The van der Waals surface area contributed by atoms with Gasteiger partial charge in [0.15, 0.2) is 0 Å². The second kappa shape index (κ2) is 8.14. The summed E-state index contributed by atoms with van der Waals surface area (Å²) in [5, 5.41) is 2.77. The third-order valence-electron chi connectivity index (χ3n) is 6.08. The molecule has 1 spiro atoms. The van der Waals surface area contributed by atoms with Crippen LogP contribution in [-0.4, -0.2) is 57.9 Å². The number of piperidine rings is 2. The lowest BCUT2D eigenvalue weighted by atomic mass is 9.71. The lowest BCUT2D eigenvalue weighted by molar-refractivity contribution is 0.0376. The maximum atomic E-state index is 13.3. The molecular formula is C21H24FN5O2. The van der Waals surface area contributed by atoms with Gasteiger partial charge in [-0.3, -0.25) is 9.78 Å². The third-order valence-corrected chi connectivity index (χ3v) is 6.08. The number of carbonyl (C=O) groups excluding carboxylic acids is 2. The zero-order valence-electron chi connectivity index (χ0n) is 16.2. The highest BCUT2D eigenvalue weighted by atomic mass is 19.1. The van der Waals surface area contributed by atoms with E-state index in [2.05, 4.69) is 15.3 Å². The first kappa shape index (κ1) is 19.3. The lowest BCUT2D eigenvalue weighted by Gasteiger charge is -2.46. The predicted molar refractivity (Wildman–Crippen MR) is 106 cm³/mol. The van der Waals surface area contributed by atoms with Gasteiger partial charge in [0.25, 0.3) is 5.91 Å². The Bertz CT molecular complexity index is 874. The molecule has 2 aliphatic heterocycles. The van der Waals surface area contributed by atoms with Crippen molar-refractivity contribution in [1.82, 2.24) is 19.8 Å². The number of nitrogens with zero attached hydrogens (tertiary/aromatic N) is 4. The van der Waals surface area contributed by atoms with Gasteiger partial charge < -0.3 is 15.1 Å². The van der Waals surface area contributed by atoms with Crippen molar-refractivity contribution in [3.63, 3.8) is 0 Å². The Kier molecular flexibility index (Phi) is 5.42. The first-order chi connectivity index (χ1) is 14.0. The first-order valence-corrected chi connectivity index (χ1v) is 9.92. The molecule has 0 bridgehead atoms. The molecule has 152 valence electrons. The van der Waals surface area contributed by atoms with Gasteiger partial charge in [0.1, 0.15) is 11.5 Å². The first-order valence-electron chi connectivity index (χ1n) is 9.92. The molecule has 29 heavy (non-hydrogen) atoms. The van der Waals surface area contributed by atoms with Gasteiger partial charge in [-0.15, -0.1) is 0 Å². The summed E-state index contributed by atoms with van der Waals surface area (Å²) in [4.78, 5) is 36.7. The summed E-state index contributed by atoms with van der Waals surface area (Å²) in [6, 6.07) is 5.72. The van der Waals surface area contributed by atoms with Crippen molar-refractivity contribution < 1.29 is 14.0 Å². The van der Waals surface area contributed by atoms with E-state index in [-0.39, 0.29) is 23.2 Å². The Morgan fingerprint density at radius 2 is 1.69 bits per heavy atom. The minimum atomic E-state index is -0.372. The van der Waals surface area contributed by atoms with E-state index >= 15 is 0 Å². The zero-order valence-corrected chi connectivity index (χ0v) is 16.2. The summed E-state index contributed by atoms with van der Waals surface area (Å²) < 4.78 is 13.3. The van der Waals surface area contributed by atoms with Gasteiger partial charge >= 0.3 is 6.03 Å². The Morgan fingerprint density at radius 3 is 2.31 bits per heavy atom. The number of likely N-dealkylation sites (tertiary alicyclic amines) is 2. The molecule has 3 heterocycles. The van der Waals surface area contributed by atoms with Crippen LogP contribution in [0.5, 0.6) is 0 Å². The number of hydrogen-bond donors (Lipinski definition) is 1. The third kappa shape index (κ3) is 4.36. The molecule has 2 fully saturated rings. The molecule has 1 aromatic heterocycles. The van der Waals surface area contributed by atoms with Crippen molar-refractivity contribution in [2.45, 2.75) is 25.7 Å². The fourth-order valence-electron chi connectivity index (χ4n) is 4.21. The molecule has 2 aliphatic rings. The average molecular weight is 397 g/mol. The number of halogens is 1. The number of carbonyl (C=O) groups is 2. The van der Waals surface area contributed by atoms with E-state index in [1.54, 1.807) is 23.2 Å². The molecule has 3 amide bonds.